The second-order valence-corrected chi connectivity index (χ2v) is 2.87. The predicted molar refractivity (Wildman–Crippen MR) is 44.1 cm³/mol. The van der Waals surface area contributed by atoms with E-state index in [1.165, 1.54) is 0 Å². The first-order valence-corrected chi connectivity index (χ1v) is 3.97. The maximum absolute atomic E-state index is 12.9. The number of aryl methyl sites for hydroxylation is 2. The Morgan fingerprint density at radius 2 is 2.25 bits per heavy atom. The quantitative estimate of drug-likeness (QED) is 0.585. The van der Waals surface area contributed by atoms with Crippen molar-refractivity contribution in [2.45, 2.75) is 19.8 Å². The lowest BCUT2D eigenvalue weighted by Crippen LogP contribution is -2.05. The highest BCUT2D eigenvalue weighted by molar-refractivity contribution is 5.49. The lowest BCUT2D eigenvalue weighted by molar-refractivity contribution is 0.555. The van der Waals surface area contributed by atoms with Gasteiger partial charge in [0.25, 0.3) is 0 Å². The zero-order chi connectivity index (χ0) is 8.55. The minimum atomic E-state index is -0.441. The molecular formula is C9H9FN2. The molecule has 3 heteroatoms. The average molecular weight is 164 g/mol. The normalized spacial score (nSPS) is 14.5. The van der Waals surface area contributed by atoms with Gasteiger partial charge in [-0.25, -0.2) is 9.97 Å². The molecule has 62 valence electrons. The maximum Gasteiger partial charge on any atom is 0.234 e. The van der Waals surface area contributed by atoms with E-state index in [-0.39, 0.29) is 0 Å². The Balaban J connectivity index is 2.58. The summed E-state index contributed by atoms with van der Waals surface area (Å²) in [5.41, 5.74) is 1.97. The van der Waals surface area contributed by atoms with Gasteiger partial charge >= 0.3 is 0 Å². The Morgan fingerprint density at radius 3 is 3.08 bits per heavy atom. The van der Waals surface area contributed by atoms with Gasteiger partial charge in [0, 0.05) is 0 Å². The molecule has 0 fully saturated rings. The maximum atomic E-state index is 12.9. The van der Waals surface area contributed by atoms with Gasteiger partial charge in [0.05, 0.1) is 17.1 Å². The molecule has 1 aliphatic rings. The van der Waals surface area contributed by atoms with E-state index < -0.39 is 5.95 Å². The molecule has 0 saturated heterocycles. The zero-order valence-corrected chi connectivity index (χ0v) is 6.84. The topological polar surface area (TPSA) is 25.8 Å². The molecule has 1 aromatic rings. The minimum Gasteiger partial charge on any atom is -0.247 e. The summed E-state index contributed by atoms with van der Waals surface area (Å²) in [6.07, 6.45) is 5.67. The first-order chi connectivity index (χ1) is 5.77. The van der Waals surface area contributed by atoms with Crippen LogP contribution in [0.15, 0.2) is 6.08 Å². The standard InChI is InChI=1S/C9H9FN2/c1-6-9(10)12-8-5-3-2-4-7(8)11-6/h2,4H,3,5H2,1H3. The van der Waals surface area contributed by atoms with E-state index in [2.05, 4.69) is 9.97 Å². The van der Waals surface area contributed by atoms with Crippen LogP contribution in [-0.4, -0.2) is 9.97 Å². The highest BCUT2D eigenvalue weighted by Gasteiger charge is 2.10. The Labute approximate surface area is 70.2 Å². The van der Waals surface area contributed by atoms with Crippen LogP contribution in [0.25, 0.3) is 6.08 Å². The third-order valence-electron chi connectivity index (χ3n) is 1.94. The van der Waals surface area contributed by atoms with Gasteiger partial charge in [-0.3, -0.25) is 0 Å². The number of hydrogen-bond acceptors (Lipinski definition) is 2. The highest BCUT2D eigenvalue weighted by atomic mass is 19.1. The summed E-state index contributed by atoms with van der Waals surface area (Å²) in [7, 11) is 0. The van der Waals surface area contributed by atoms with E-state index >= 15 is 0 Å². The highest BCUT2D eigenvalue weighted by Crippen LogP contribution is 2.15. The fourth-order valence-corrected chi connectivity index (χ4v) is 1.28. The molecule has 0 unspecified atom stereocenters. The monoisotopic (exact) mass is 164 g/mol. The van der Waals surface area contributed by atoms with Crippen LogP contribution in [0.1, 0.15) is 23.5 Å². The van der Waals surface area contributed by atoms with Crippen molar-refractivity contribution in [3.63, 3.8) is 0 Å². The SMILES string of the molecule is Cc1nc2c(nc1F)CCC=C2. The minimum absolute atomic E-state index is 0.375. The van der Waals surface area contributed by atoms with Crippen LogP contribution < -0.4 is 0 Å². The van der Waals surface area contributed by atoms with Crippen molar-refractivity contribution in [3.05, 3.63) is 29.1 Å². The molecular weight excluding hydrogens is 155 g/mol. The molecule has 1 aromatic heterocycles. The molecule has 0 saturated carbocycles. The van der Waals surface area contributed by atoms with Crippen LogP contribution >= 0.6 is 0 Å². The van der Waals surface area contributed by atoms with Gasteiger partial charge in [0.1, 0.15) is 0 Å². The van der Waals surface area contributed by atoms with E-state index in [1.807, 2.05) is 12.2 Å². The number of halogens is 1. The fourth-order valence-electron chi connectivity index (χ4n) is 1.28. The second kappa shape index (κ2) is 2.66. The largest absolute Gasteiger partial charge is 0.247 e. The van der Waals surface area contributed by atoms with Crippen LogP contribution in [0.2, 0.25) is 0 Å². The number of hydrogen-bond donors (Lipinski definition) is 0. The van der Waals surface area contributed by atoms with Crippen LogP contribution in [-0.2, 0) is 6.42 Å². The summed E-state index contributed by atoms with van der Waals surface area (Å²) < 4.78 is 12.9. The van der Waals surface area contributed by atoms with Crippen molar-refractivity contribution in [1.29, 1.82) is 0 Å². The first kappa shape index (κ1) is 7.40. The van der Waals surface area contributed by atoms with Crippen molar-refractivity contribution in [3.8, 4) is 0 Å². The number of allylic oxidation sites excluding steroid dienone is 1. The van der Waals surface area contributed by atoms with E-state index in [9.17, 15) is 4.39 Å². The van der Waals surface area contributed by atoms with E-state index in [1.54, 1.807) is 6.92 Å². The van der Waals surface area contributed by atoms with Crippen molar-refractivity contribution in [2.24, 2.45) is 0 Å². The lowest BCUT2D eigenvalue weighted by atomic mass is 10.1. The molecule has 0 atom stereocenters. The van der Waals surface area contributed by atoms with E-state index in [0.717, 1.165) is 24.2 Å². The molecule has 0 N–H and O–H groups in total. The first-order valence-electron chi connectivity index (χ1n) is 3.97. The summed E-state index contributed by atoms with van der Waals surface area (Å²) in [4.78, 5) is 7.92. The summed E-state index contributed by atoms with van der Waals surface area (Å²) in [6.45, 7) is 1.63. The molecule has 12 heavy (non-hydrogen) atoms. The Kier molecular flexibility index (Phi) is 1.64. The number of aromatic nitrogens is 2. The summed E-state index contributed by atoms with van der Waals surface area (Å²) in [5, 5.41) is 0. The van der Waals surface area contributed by atoms with Gasteiger partial charge in [0.2, 0.25) is 5.95 Å². The smallest absolute Gasteiger partial charge is 0.234 e. The van der Waals surface area contributed by atoms with Crippen molar-refractivity contribution in [1.82, 2.24) is 9.97 Å². The molecule has 0 bridgehead atoms. The molecule has 0 spiro atoms. The molecule has 0 aliphatic heterocycles. The Bertz CT molecular complexity index is 345. The van der Waals surface area contributed by atoms with Crippen molar-refractivity contribution >= 4 is 6.08 Å². The van der Waals surface area contributed by atoms with Crippen LogP contribution in [0.4, 0.5) is 4.39 Å². The van der Waals surface area contributed by atoms with Crippen molar-refractivity contribution in [2.75, 3.05) is 0 Å². The molecule has 0 radical (unpaired) electrons. The van der Waals surface area contributed by atoms with Gasteiger partial charge in [-0.15, -0.1) is 0 Å². The van der Waals surface area contributed by atoms with Crippen LogP contribution in [0.3, 0.4) is 0 Å². The summed E-state index contributed by atoms with van der Waals surface area (Å²) >= 11 is 0. The van der Waals surface area contributed by atoms with Gasteiger partial charge in [0.15, 0.2) is 0 Å². The second-order valence-electron chi connectivity index (χ2n) is 2.87. The molecule has 0 amide bonds. The number of fused-ring (bicyclic) bond motifs is 1. The molecule has 1 heterocycles. The average Bonchev–Trinajstić information content (AvgIpc) is 2.07. The number of nitrogens with zero attached hydrogens (tertiary/aromatic N) is 2. The Hall–Kier alpha value is -1.25. The zero-order valence-electron chi connectivity index (χ0n) is 6.84. The van der Waals surface area contributed by atoms with Gasteiger partial charge in [-0.1, -0.05) is 6.08 Å². The van der Waals surface area contributed by atoms with Crippen LogP contribution in [0.5, 0.6) is 0 Å². The molecule has 2 rings (SSSR count). The van der Waals surface area contributed by atoms with Crippen LogP contribution in [0, 0.1) is 12.9 Å². The van der Waals surface area contributed by atoms with Gasteiger partial charge in [-0.2, -0.15) is 4.39 Å². The third-order valence-corrected chi connectivity index (χ3v) is 1.94. The molecule has 2 nitrogen and oxygen atoms in total. The van der Waals surface area contributed by atoms with E-state index in [4.69, 9.17) is 0 Å². The van der Waals surface area contributed by atoms with Crippen molar-refractivity contribution < 1.29 is 4.39 Å². The van der Waals surface area contributed by atoms with E-state index in [0.29, 0.717) is 5.69 Å². The van der Waals surface area contributed by atoms with Gasteiger partial charge < -0.3 is 0 Å². The third kappa shape index (κ3) is 1.11. The summed E-state index contributed by atoms with van der Waals surface area (Å²) in [6, 6.07) is 0. The predicted octanol–water partition coefficient (Wildman–Crippen LogP) is 1.88. The molecule has 1 aliphatic carbocycles. The Morgan fingerprint density at radius 1 is 1.42 bits per heavy atom. The summed E-state index contributed by atoms with van der Waals surface area (Å²) in [5.74, 6) is -0.441. The lowest BCUT2D eigenvalue weighted by Gasteiger charge is -2.08. The molecule has 0 aromatic carbocycles. The fraction of sp³-hybridized carbons (Fsp3) is 0.333. The number of rotatable bonds is 0. The van der Waals surface area contributed by atoms with Gasteiger partial charge in [-0.05, 0) is 25.8 Å².